The minimum absolute atomic E-state index is 0.148. The molecule has 0 bridgehead atoms. The zero-order chi connectivity index (χ0) is 16.0. The van der Waals surface area contributed by atoms with Crippen LogP contribution in [0.15, 0.2) is 23.1 Å². The van der Waals surface area contributed by atoms with Gasteiger partial charge in [0.15, 0.2) is 0 Å². The second-order valence-electron chi connectivity index (χ2n) is 4.23. The van der Waals surface area contributed by atoms with Crippen LogP contribution in [0.5, 0.6) is 0 Å². The first-order valence-corrected chi connectivity index (χ1v) is 7.01. The van der Waals surface area contributed by atoms with Gasteiger partial charge in [0.1, 0.15) is 0 Å². The van der Waals surface area contributed by atoms with Gasteiger partial charge in [-0.05, 0) is 12.1 Å². The van der Waals surface area contributed by atoms with Crippen molar-refractivity contribution < 1.29 is 19.2 Å². The molecule has 1 unspecified atom stereocenters. The Bertz CT molecular complexity index is 561. The monoisotopic (exact) mass is 312 g/mol. The molecule has 0 saturated carbocycles. The Kier molecular flexibility index (Phi) is 6.16. The van der Waals surface area contributed by atoms with E-state index in [-0.39, 0.29) is 28.9 Å². The van der Waals surface area contributed by atoms with E-state index in [1.54, 1.807) is 6.92 Å². The number of carbonyl (C=O) groups excluding carboxylic acids is 2. The predicted octanol–water partition coefficient (Wildman–Crippen LogP) is 2.00. The number of hydrogen-bond acceptors (Lipinski definition) is 6. The number of nitro benzene ring substituents is 1. The smallest absolute Gasteiger partial charge is 0.306 e. The predicted molar refractivity (Wildman–Crippen MR) is 78.4 cm³/mol. The van der Waals surface area contributed by atoms with Gasteiger partial charge in [-0.1, -0.05) is 6.92 Å². The van der Waals surface area contributed by atoms with Crippen molar-refractivity contribution in [2.45, 2.75) is 23.5 Å². The maximum absolute atomic E-state index is 11.5. The summed E-state index contributed by atoms with van der Waals surface area (Å²) in [6, 6.07) is 4.26. The molecule has 0 radical (unpaired) electrons. The van der Waals surface area contributed by atoms with E-state index in [0.717, 1.165) is 0 Å². The van der Waals surface area contributed by atoms with Crippen LogP contribution in [0.2, 0.25) is 0 Å². The van der Waals surface area contributed by atoms with Crippen LogP contribution in [0.3, 0.4) is 0 Å². The van der Waals surface area contributed by atoms with Crippen LogP contribution in [0.25, 0.3) is 0 Å². The van der Waals surface area contributed by atoms with Crippen LogP contribution in [0.4, 0.5) is 5.69 Å². The van der Waals surface area contributed by atoms with E-state index >= 15 is 0 Å². The maximum atomic E-state index is 11.5. The van der Waals surface area contributed by atoms with Crippen molar-refractivity contribution in [3.05, 3.63) is 33.9 Å². The third kappa shape index (κ3) is 4.75. The van der Waals surface area contributed by atoms with E-state index in [1.807, 2.05) is 0 Å². The molecule has 21 heavy (non-hydrogen) atoms. The topological polar surface area (TPSA) is 98.5 Å². The van der Waals surface area contributed by atoms with Crippen molar-refractivity contribution in [2.75, 3.05) is 14.2 Å². The molecule has 7 nitrogen and oxygen atoms in total. The summed E-state index contributed by atoms with van der Waals surface area (Å²) in [6.07, 6.45) is 0.148. The fraction of sp³-hybridized carbons (Fsp3) is 0.385. The van der Waals surface area contributed by atoms with Crippen LogP contribution in [0, 0.1) is 10.1 Å². The largest absolute Gasteiger partial charge is 0.469 e. The van der Waals surface area contributed by atoms with Crippen LogP contribution >= 0.6 is 11.8 Å². The summed E-state index contributed by atoms with van der Waals surface area (Å²) in [5.74, 6) is -0.767. The molecule has 0 spiro atoms. The highest BCUT2D eigenvalue weighted by Gasteiger charge is 2.20. The van der Waals surface area contributed by atoms with Crippen molar-refractivity contribution in [2.24, 2.45) is 0 Å². The van der Waals surface area contributed by atoms with Gasteiger partial charge >= 0.3 is 5.97 Å². The van der Waals surface area contributed by atoms with Gasteiger partial charge in [-0.15, -0.1) is 11.8 Å². The summed E-state index contributed by atoms with van der Waals surface area (Å²) in [4.78, 5) is 33.7. The lowest BCUT2D eigenvalue weighted by atomic mass is 10.2. The van der Waals surface area contributed by atoms with Gasteiger partial charge < -0.3 is 10.1 Å². The number of carbonyl (C=O) groups is 2. The summed E-state index contributed by atoms with van der Waals surface area (Å²) in [7, 11) is 2.75. The number of amides is 1. The molecule has 114 valence electrons. The summed E-state index contributed by atoms with van der Waals surface area (Å²) < 4.78 is 4.56. The number of nitro groups is 1. The second kappa shape index (κ2) is 7.63. The van der Waals surface area contributed by atoms with Gasteiger partial charge in [0.25, 0.3) is 11.6 Å². The summed E-state index contributed by atoms with van der Waals surface area (Å²) >= 11 is 1.20. The van der Waals surface area contributed by atoms with Crippen molar-refractivity contribution in [1.29, 1.82) is 0 Å². The molecule has 0 aromatic heterocycles. The number of esters is 1. The Morgan fingerprint density at radius 3 is 2.67 bits per heavy atom. The van der Waals surface area contributed by atoms with Gasteiger partial charge in [-0.25, -0.2) is 0 Å². The van der Waals surface area contributed by atoms with E-state index in [1.165, 1.54) is 44.1 Å². The number of methoxy groups -OCH3 is 1. The summed E-state index contributed by atoms with van der Waals surface area (Å²) in [6.45, 7) is 1.78. The zero-order valence-corrected chi connectivity index (χ0v) is 12.7. The van der Waals surface area contributed by atoms with Crippen LogP contribution in [-0.4, -0.2) is 36.2 Å². The number of thioether (sulfide) groups is 1. The van der Waals surface area contributed by atoms with E-state index in [9.17, 15) is 19.7 Å². The fourth-order valence-corrected chi connectivity index (χ4v) is 2.68. The lowest BCUT2D eigenvalue weighted by Gasteiger charge is -2.10. The van der Waals surface area contributed by atoms with Crippen LogP contribution < -0.4 is 5.32 Å². The highest BCUT2D eigenvalue weighted by molar-refractivity contribution is 8.00. The summed E-state index contributed by atoms with van der Waals surface area (Å²) in [5, 5.41) is 13.3. The molecular formula is C13H16N2O5S. The molecule has 1 atom stereocenters. The van der Waals surface area contributed by atoms with Crippen molar-refractivity contribution in [1.82, 2.24) is 5.32 Å². The van der Waals surface area contributed by atoms with Gasteiger partial charge in [0.2, 0.25) is 0 Å². The Morgan fingerprint density at radius 1 is 1.48 bits per heavy atom. The molecule has 0 fully saturated rings. The van der Waals surface area contributed by atoms with Crippen molar-refractivity contribution in [3.8, 4) is 0 Å². The van der Waals surface area contributed by atoms with E-state index in [2.05, 4.69) is 10.1 Å². The van der Waals surface area contributed by atoms with E-state index in [0.29, 0.717) is 4.90 Å². The SMILES string of the molecule is CNC(=O)c1ccc(SC(C)CC(=O)OC)c([N+](=O)[O-])c1. The van der Waals surface area contributed by atoms with Gasteiger partial charge in [-0.2, -0.15) is 0 Å². The molecule has 0 aliphatic rings. The number of hydrogen-bond donors (Lipinski definition) is 1. The molecule has 1 N–H and O–H groups in total. The minimum atomic E-state index is -0.542. The molecule has 1 aromatic rings. The third-order valence-electron chi connectivity index (χ3n) is 2.65. The van der Waals surface area contributed by atoms with Crippen LogP contribution in [-0.2, 0) is 9.53 Å². The van der Waals surface area contributed by atoms with Gasteiger partial charge in [0, 0.05) is 23.9 Å². The van der Waals surface area contributed by atoms with Crippen molar-refractivity contribution >= 4 is 29.3 Å². The zero-order valence-electron chi connectivity index (χ0n) is 11.9. The maximum Gasteiger partial charge on any atom is 0.306 e. The first-order chi connectivity index (χ1) is 9.88. The molecule has 0 aliphatic carbocycles. The normalized spacial score (nSPS) is 11.6. The first-order valence-electron chi connectivity index (χ1n) is 6.13. The Morgan fingerprint density at radius 2 is 2.14 bits per heavy atom. The Hall–Kier alpha value is -2.09. The lowest BCUT2D eigenvalue weighted by molar-refractivity contribution is -0.387. The highest BCUT2D eigenvalue weighted by atomic mass is 32.2. The number of ether oxygens (including phenoxy) is 1. The molecule has 0 heterocycles. The summed E-state index contributed by atoms with van der Waals surface area (Å²) in [5.41, 5.74) is 0.0620. The van der Waals surface area contributed by atoms with Gasteiger partial charge in [-0.3, -0.25) is 19.7 Å². The average Bonchev–Trinajstić information content (AvgIpc) is 2.46. The molecule has 1 rings (SSSR count). The molecule has 1 aromatic carbocycles. The van der Waals surface area contributed by atoms with Gasteiger partial charge in [0.05, 0.1) is 23.3 Å². The quantitative estimate of drug-likeness (QED) is 0.373. The van der Waals surface area contributed by atoms with E-state index in [4.69, 9.17) is 0 Å². The number of benzene rings is 1. The Balaban J connectivity index is 2.99. The second-order valence-corrected chi connectivity index (χ2v) is 5.71. The number of rotatable bonds is 6. The standard InChI is InChI=1S/C13H16N2O5S/c1-8(6-12(16)20-3)21-11-5-4-9(13(17)14-2)7-10(11)15(18)19/h4-5,7-8H,6H2,1-3H3,(H,14,17). The molecular weight excluding hydrogens is 296 g/mol. The lowest BCUT2D eigenvalue weighted by Crippen LogP contribution is -2.18. The molecule has 0 aliphatic heterocycles. The number of nitrogens with one attached hydrogen (secondary N) is 1. The third-order valence-corrected chi connectivity index (χ3v) is 3.82. The van der Waals surface area contributed by atoms with Crippen molar-refractivity contribution in [3.63, 3.8) is 0 Å². The molecule has 0 saturated heterocycles. The highest BCUT2D eigenvalue weighted by Crippen LogP contribution is 2.34. The van der Waals surface area contributed by atoms with Crippen LogP contribution in [0.1, 0.15) is 23.7 Å². The van der Waals surface area contributed by atoms with E-state index < -0.39 is 10.8 Å². The first kappa shape index (κ1) is 17.0. The minimum Gasteiger partial charge on any atom is -0.469 e. The Labute approximate surface area is 126 Å². The fourth-order valence-electron chi connectivity index (χ4n) is 1.62. The molecule has 8 heteroatoms. The number of nitrogens with zero attached hydrogens (tertiary/aromatic N) is 1. The molecule has 1 amide bonds. The average molecular weight is 312 g/mol.